The van der Waals surface area contributed by atoms with Crippen LogP contribution in [0.4, 0.5) is 0 Å². The molecule has 270 valence electrons. The van der Waals surface area contributed by atoms with E-state index < -0.39 is 11.4 Å². The van der Waals surface area contributed by atoms with Crippen molar-refractivity contribution in [1.29, 1.82) is 5.26 Å². The fourth-order valence-corrected chi connectivity index (χ4v) is 8.74. The molecule has 53 heavy (non-hydrogen) atoms. The summed E-state index contributed by atoms with van der Waals surface area (Å²) in [5.74, 6) is 1.14. The van der Waals surface area contributed by atoms with Crippen molar-refractivity contribution in [3.05, 3.63) is 89.1 Å². The Morgan fingerprint density at radius 2 is 1.64 bits per heavy atom. The summed E-state index contributed by atoms with van der Waals surface area (Å²) in [5, 5.41) is 35.1. The summed E-state index contributed by atoms with van der Waals surface area (Å²) in [6.45, 7) is 2.44. The molecule has 0 atom stereocenters. The second-order valence-corrected chi connectivity index (χ2v) is 14.5. The van der Waals surface area contributed by atoms with E-state index in [1.807, 2.05) is 54.2 Å². The van der Waals surface area contributed by atoms with Crippen molar-refractivity contribution in [2.75, 3.05) is 21.3 Å². The van der Waals surface area contributed by atoms with Crippen molar-refractivity contribution in [3.63, 3.8) is 0 Å². The number of nitrogens with zero attached hydrogens (tertiary/aromatic N) is 5. The summed E-state index contributed by atoms with van der Waals surface area (Å²) in [6.07, 6.45) is 6.61. The molecule has 3 fully saturated rings. The minimum absolute atomic E-state index is 0.0423. The Hall–Kier alpha value is -5.70. The molecule has 2 heterocycles. The van der Waals surface area contributed by atoms with Crippen LogP contribution in [0.5, 0.6) is 11.5 Å². The largest absolute Gasteiger partial charge is 0.496 e. The zero-order chi connectivity index (χ0) is 37.1. The molecule has 4 aromatic carbocycles. The number of fused-ring (bicyclic) bond motifs is 5. The van der Waals surface area contributed by atoms with Crippen LogP contribution in [0.1, 0.15) is 60.8 Å². The third-order valence-corrected chi connectivity index (χ3v) is 12.0. The maximum Gasteiger partial charge on any atom is 0.309 e. The summed E-state index contributed by atoms with van der Waals surface area (Å²) in [4.78, 5) is 19.1. The van der Waals surface area contributed by atoms with Gasteiger partial charge in [0.15, 0.2) is 5.58 Å². The molecule has 3 aliphatic rings. The molecule has 2 bridgehead atoms. The summed E-state index contributed by atoms with van der Waals surface area (Å²) >= 11 is 0. The zero-order valence-electron chi connectivity index (χ0n) is 30.3. The number of aliphatic hydroxyl groups excluding tert-OH is 1. The highest BCUT2D eigenvalue weighted by Crippen LogP contribution is 2.55. The average Bonchev–Trinajstić information content (AvgIpc) is 3.83. The molecule has 2 N–H and O–H groups in total. The van der Waals surface area contributed by atoms with Gasteiger partial charge in [-0.1, -0.05) is 24.3 Å². The van der Waals surface area contributed by atoms with Gasteiger partial charge in [-0.2, -0.15) is 10.4 Å². The van der Waals surface area contributed by atoms with E-state index in [9.17, 15) is 20.3 Å². The Morgan fingerprint density at radius 3 is 2.28 bits per heavy atom. The third kappa shape index (κ3) is 5.52. The van der Waals surface area contributed by atoms with Crippen molar-refractivity contribution < 1.29 is 28.9 Å². The highest BCUT2D eigenvalue weighted by atomic mass is 16.5. The lowest BCUT2D eigenvalue weighted by Crippen LogP contribution is -2.56. The first-order valence-corrected chi connectivity index (χ1v) is 17.9. The van der Waals surface area contributed by atoms with Gasteiger partial charge in [0.2, 0.25) is 5.89 Å². The van der Waals surface area contributed by atoms with Crippen molar-refractivity contribution in [1.82, 2.24) is 19.7 Å². The number of methoxy groups -OCH3 is 2. The van der Waals surface area contributed by atoms with Gasteiger partial charge in [-0.25, -0.2) is 9.67 Å². The quantitative estimate of drug-likeness (QED) is 0.144. The van der Waals surface area contributed by atoms with Crippen LogP contribution in [-0.4, -0.2) is 62.7 Å². The van der Waals surface area contributed by atoms with E-state index in [2.05, 4.69) is 30.1 Å². The number of aliphatic carboxylic acids is 1. The maximum atomic E-state index is 12.0. The van der Waals surface area contributed by atoms with Gasteiger partial charge in [-0.15, -0.1) is 0 Å². The van der Waals surface area contributed by atoms with Gasteiger partial charge in [-0.3, -0.25) is 9.69 Å². The van der Waals surface area contributed by atoms with Gasteiger partial charge in [0.05, 0.1) is 54.8 Å². The van der Waals surface area contributed by atoms with Gasteiger partial charge in [0.25, 0.3) is 0 Å². The summed E-state index contributed by atoms with van der Waals surface area (Å²) in [5.41, 5.74) is 7.63. The van der Waals surface area contributed by atoms with Crippen molar-refractivity contribution >= 4 is 28.0 Å². The van der Waals surface area contributed by atoms with Crippen LogP contribution < -0.4 is 9.47 Å². The van der Waals surface area contributed by atoms with Gasteiger partial charge in [0.1, 0.15) is 23.1 Å². The van der Waals surface area contributed by atoms with E-state index in [4.69, 9.17) is 24.0 Å². The van der Waals surface area contributed by atoms with Gasteiger partial charge >= 0.3 is 5.97 Å². The SMILES string of the molecule is COc1cc(-n2ncc3c(-c4cccc(-c5nc6cc(CO)cc(C#N)c6o5)c4C)cccc32)cc(OC)c1CN(C)C12CCC(C(=O)O)(CC1)CC2. The Morgan fingerprint density at radius 1 is 0.981 bits per heavy atom. The predicted molar refractivity (Wildman–Crippen MR) is 200 cm³/mol. The zero-order valence-corrected chi connectivity index (χ0v) is 30.3. The number of ether oxygens (including phenoxy) is 2. The Balaban J connectivity index is 1.13. The molecule has 11 nitrogen and oxygen atoms in total. The van der Waals surface area contributed by atoms with Crippen LogP contribution in [0.2, 0.25) is 0 Å². The molecule has 0 aliphatic heterocycles. The first-order valence-electron chi connectivity index (χ1n) is 17.9. The maximum absolute atomic E-state index is 12.0. The van der Waals surface area contributed by atoms with Crippen LogP contribution in [0.3, 0.4) is 0 Å². The van der Waals surface area contributed by atoms with Gasteiger partial charge in [0, 0.05) is 35.2 Å². The molecule has 0 amide bonds. The first-order chi connectivity index (χ1) is 25.6. The lowest BCUT2D eigenvalue weighted by molar-refractivity contribution is -0.160. The van der Waals surface area contributed by atoms with E-state index in [0.29, 0.717) is 65.4 Å². The molecule has 0 unspecified atom stereocenters. The van der Waals surface area contributed by atoms with Crippen molar-refractivity contribution in [2.45, 2.75) is 64.1 Å². The van der Waals surface area contributed by atoms with E-state index in [1.165, 1.54) is 0 Å². The summed E-state index contributed by atoms with van der Waals surface area (Å²) in [6, 6.07) is 21.6. The monoisotopic (exact) mass is 711 g/mol. The van der Waals surface area contributed by atoms with Crippen molar-refractivity contribution in [2.24, 2.45) is 5.41 Å². The number of carboxylic acid groups (broad SMARTS) is 1. The highest BCUT2D eigenvalue weighted by Gasteiger charge is 2.54. The van der Waals surface area contributed by atoms with Crippen LogP contribution in [0, 0.1) is 23.7 Å². The molecule has 3 saturated carbocycles. The molecule has 0 saturated heterocycles. The molecule has 3 aliphatic carbocycles. The van der Waals surface area contributed by atoms with Crippen LogP contribution in [0.25, 0.3) is 50.3 Å². The second kappa shape index (κ2) is 13.1. The second-order valence-electron chi connectivity index (χ2n) is 14.5. The van der Waals surface area contributed by atoms with E-state index >= 15 is 0 Å². The molecular formula is C42H41N5O6. The number of aliphatic hydroxyl groups is 1. The number of carbonyl (C=O) groups is 1. The van der Waals surface area contributed by atoms with Crippen LogP contribution >= 0.6 is 0 Å². The van der Waals surface area contributed by atoms with E-state index in [1.54, 1.807) is 26.4 Å². The van der Waals surface area contributed by atoms with Crippen LogP contribution in [0.15, 0.2) is 71.3 Å². The predicted octanol–water partition coefficient (Wildman–Crippen LogP) is 7.80. The normalized spacial score (nSPS) is 19.6. The Kier molecular flexibility index (Phi) is 8.47. The minimum Gasteiger partial charge on any atom is -0.496 e. The standard InChI is InChI=1S/C42H41N5O6/c1-25-29(7-5-8-30(25)39-45-34-18-26(24-48)17-27(21-43)38(34)53-39)31-9-6-10-35-32(31)22-44-47(35)28-19-36(51-3)33(37(20-28)52-4)23-46(2)42-14-11-41(12-15-42,13-16-42)40(49)50/h5-10,17-20,22,48H,11-16,23-24H2,1-4H3,(H,49,50). The van der Waals surface area contributed by atoms with Gasteiger partial charge < -0.3 is 24.1 Å². The first kappa shape index (κ1) is 34.4. The van der Waals surface area contributed by atoms with Gasteiger partial charge in [-0.05, 0) is 99.0 Å². The average molecular weight is 712 g/mol. The number of oxazole rings is 1. The molecule has 9 rings (SSSR count). The number of hydrogen-bond donors (Lipinski definition) is 2. The molecule has 0 spiro atoms. The van der Waals surface area contributed by atoms with E-state index in [-0.39, 0.29) is 12.1 Å². The lowest BCUT2D eigenvalue weighted by Gasteiger charge is -2.55. The number of carboxylic acids is 1. The number of benzene rings is 4. The highest BCUT2D eigenvalue weighted by molar-refractivity contribution is 5.97. The molecule has 6 aromatic rings. The number of rotatable bonds is 10. The number of aromatic nitrogens is 3. The minimum atomic E-state index is -0.649. The molecular weight excluding hydrogens is 670 g/mol. The smallest absolute Gasteiger partial charge is 0.309 e. The molecule has 2 aromatic heterocycles. The summed E-state index contributed by atoms with van der Waals surface area (Å²) in [7, 11) is 5.47. The Labute approximate surface area is 307 Å². The fraction of sp³-hybridized carbons (Fsp3) is 0.333. The third-order valence-electron chi connectivity index (χ3n) is 12.0. The topological polar surface area (TPSA) is 147 Å². The Bertz CT molecular complexity index is 2410. The molecule has 0 radical (unpaired) electrons. The molecule has 11 heteroatoms. The number of hydrogen-bond acceptors (Lipinski definition) is 9. The van der Waals surface area contributed by atoms with Crippen LogP contribution in [-0.2, 0) is 17.9 Å². The fourth-order valence-electron chi connectivity index (χ4n) is 8.74. The van der Waals surface area contributed by atoms with Crippen molar-refractivity contribution in [3.8, 4) is 45.8 Å². The van der Waals surface area contributed by atoms with E-state index in [0.717, 1.165) is 63.7 Å². The summed E-state index contributed by atoms with van der Waals surface area (Å²) < 4.78 is 20.0. The lowest BCUT2D eigenvalue weighted by atomic mass is 9.57. The number of nitriles is 1.